The molecule has 40 heavy (non-hydrogen) atoms. The van der Waals surface area contributed by atoms with Crippen molar-refractivity contribution in [1.82, 2.24) is 10.2 Å². The van der Waals surface area contributed by atoms with Crippen LogP contribution in [0.2, 0.25) is 0 Å². The van der Waals surface area contributed by atoms with Gasteiger partial charge in [0, 0.05) is 23.4 Å². The van der Waals surface area contributed by atoms with Crippen LogP contribution in [-0.2, 0) is 11.3 Å². The van der Waals surface area contributed by atoms with Crippen molar-refractivity contribution < 1.29 is 19.1 Å². The molecule has 2 fully saturated rings. The maximum atomic E-state index is 13.7. The zero-order chi connectivity index (χ0) is 27.5. The zero-order valence-corrected chi connectivity index (χ0v) is 23.5. The van der Waals surface area contributed by atoms with Crippen LogP contribution in [0.5, 0.6) is 11.5 Å². The van der Waals surface area contributed by atoms with Crippen LogP contribution in [0, 0.1) is 6.92 Å². The number of rotatable bonds is 6. The Balaban J connectivity index is 1.11. The topological polar surface area (TPSA) is 67.9 Å². The number of ether oxygens (including phenoxy) is 2. The molecule has 1 N–H and O–H groups in total. The number of hydrogen-bond acceptors (Lipinski definition) is 5. The van der Waals surface area contributed by atoms with Gasteiger partial charge in [-0.15, -0.1) is 11.8 Å². The molecule has 1 saturated heterocycles. The number of nitrogens with one attached hydrogen (secondary N) is 1. The van der Waals surface area contributed by atoms with E-state index < -0.39 is 0 Å². The Morgan fingerprint density at radius 2 is 1.75 bits per heavy atom. The van der Waals surface area contributed by atoms with Crippen molar-refractivity contribution in [3.63, 3.8) is 0 Å². The van der Waals surface area contributed by atoms with Crippen molar-refractivity contribution in [2.45, 2.75) is 56.5 Å². The summed E-state index contributed by atoms with van der Waals surface area (Å²) in [6.07, 6.45) is 6.31. The third-order valence-electron chi connectivity index (χ3n) is 7.82. The number of aryl methyl sites for hydroxylation is 1. The average molecular weight is 555 g/mol. The summed E-state index contributed by atoms with van der Waals surface area (Å²) in [5.74, 6) is 1.35. The normalized spacial score (nSPS) is 23.0. The smallest absolute Gasteiger partial charge is 0.260 e. The van der Waals surface area contributed by atoms with Crippen LogP contribution in [0.4, 0.5) is 0 Å². The van der Waals surface area contributed by atoms with Gasteiger partial charge in [-0.3, -0.25) is 9.59 Å². The van der Waals surface area contributed by atoms with E-state index in [2.05, 4.69) is 41.4 Å². The Bertz CT molecular complexity index is 1400. The average Bonchev–Trinajstić information content (AvgIpc) is 2.99. The zero-order valence-electron chi connectivity index (χ0n) is 22.7. The van der Waals surface area contributed by atoms with Gasteiger partial charge in [0.15, 0.2) is 11.5 Å². The van der Waals surface area contributed by atoms with E-state index in [-0.39, 0.29) is 24.0 Å². The summed E-state index contributed by atoms with van der Waals surface area (Å²) >= 11 is 1.73. The van der Waals surface area contributed by atoms with Gasteiger partial charge in [-0.2, -0.15) is 0 Å². The highest BCUT2D eigenvalue weighted by molar-refractivity contribution is 8.04. The van der Waals surface area contributed by atoms with Gasteiger partial charge in [0.25, 0.3) is 11.8 Å². The van der Waals surface area contributed by atoms with Gasteiger partial charge < -0.3 is 19.7 Å². The maximum absolute atomic E-state index is 13.7. The van der Waals surface area contributed by atoms with Crippen LogP contribution in [0.3, 0.4) is 0 Å². The highest BCUT2D eigenvalue weighted by Crippen LogP contribution is 2.42. The molecule has 0 radical (unpaired) electrons. The van der Waals surface area contributed by atoms with E-state index in [0.717, 1.165) is 29.1 Å². The number of amides is 2. The predicted molar refractivity (Wildman–Crippen MR) is 158 cm³/mol. The highest BCUT2D eigenvalue weighted by atomic mass is 32.2. The first-order valence-electron chi connectivity index (χ1n) is 14.0. The summed E-state index contributed by atoms with van der Waals surface area (Å²) in [4.78, 5) is 29.4. The van der Waals surface area contributed by atoms with E-state index in [9.17, 15) is 9.59 Å². The highest BCUT2D eigenvalue weighted by Gasteiger charge is 2.40. The summed E-state index contributed by atoms with van der Waals surface area (Å²) < 4.78 is 11.7. The van der Waals surface area contributed by atoms with Crippen LogP contribution in [0.15, 0.2) is 77.7 Å². The van der Waals surface area contributed by atoms with Gasteiger partial charge >= 0.3 is 0 Å². The third-order valence-corrected chi connectivity index (χ3v) is 9.22. The van der Waals surface area contributed by atoms with E-state index >= 15 is 0 Å². The van der Waals surface area contributed by atoms with Crippen molar-refractivity contribution in [3.05, 3.63) is 100.0 Å². The van der Waals surface area contributed by atoms with E-state index in [1.54, 1.807) is 23.9 Å². The first kappa shape index (κ1) is 26.5. The second-order valence-electron chi connectivity index (χ2n) is 10.8. The van der Waals surface area contributed by atoms with Crippen LogP contribution >= 0.6 is 11.8 Å². The van der Waals surface area contributed by atoms with Gasteiger partial charge in [-0.05, 0) is 61.2 Å². The molecule has 3 atom stereocenters. The number of para-hydroxylation sites is 2. The summed E-state index contributed by atoms with van der Waals surface area (Å²) in [5, 5.41) is 3.37. The second kappa shape index (κ2) is 11.8. The fraction of sp³-hybridized carbons (Fsp3) is 0.333. The molecule has 0 bridgehead atoms. The maximum Gasteiger partial charge on any atom is 0.260 e. The number of hydrogen-bond donors (Lipinski definition) is 1. The summed E-state index contributed by atoms with van der Waals surface area (Å²) in [7, 11) is 0. The Morgan fingerprint density at radius 3 is 2.55 bits per heavy atom. The minimum Gasteiger partial charge on any atom is -0.486 e. The van der Waals surface area contributed by atoms with Gasteiger partial charge in [0.1, 0.15) is 12.7 Å². The lowest BCUT2D eigenvalue weighted by molar-refractivity contribution is -0.130. The van der Waals surface area contributed by atoms with E-state index in [1.165, 1.54) is 24.0 Å². The third kappa shape index (κ3) is 5.89. The van der Waals surface area contributed by atoms with Crippen molar-refractivity contribution in [1.29, 1.82) is 0 Å². The van der Waals surface area contributed by atoms with Gasteiger partial charge in [-0.25, -0.2) is 0 Å². The summed E-state index contributed by atoms with van der Waals surface area (Å²) in [6.45, 7) is 3.46. The first-order valence-corrected chi connectivity index (χ1v) is 14.9. The summed E-state index contributed by atoms with van der Waals surface area (Å²) in [6, 6.07) is 23.7. The standard InChI is InChI=1S/C33H34N2O4S/c1-22-10-12-24(13-11-22)20-35-27-6-2-5-9-30(27)40-31(33(35)37)18-23-14-16-25(17-15-23)32(36)34-19-26-21-38-28-7-3-4-8-29(28)39-26/h3-4,7-8,10-18,26-27,30H,2,5-6,9,19-21H2,1H3,(H,34,36)/b31-18+. The molecule has 3 aromatic carbocycles. The lowest BCUT2D eigenvalue weighted by Crippen LogP contribution is -2.50. The molecule has 3 unspecified atom stereocenters. The molecule has 3 aromatic rings. The first-order chi connectivity index (χ1) is 19.5. The van der Waals surface area contributed by atoms with Gasteiger partial charge in [-0.1, -0.05) is 66.9 Å². The molecule has 6 rings (SSSR count). The Kier molecular flexibility index (Phi) is 7.82. The Hall–Kier alpha value is -3.71. The van der Waals surface area contributed by atoms with Crippen LogP contribution in [0.1, 0.15) is 52.7 Å². The minimum absolute atomic E-state index is 0.104. The molecule has 2 heterocycles. The molecule has 1 saturated carbocycles. The van der Waals surface area contributed by atoms with Gasteiger partial charge in [0.05, 0.1) is 11.4 Å². The monoisotopic (exact) mass is 554 g/mol. The SMILES string of the molecule is Cc1ccc(CN2C(=O)/C(=C\c3ccc(C(=O)NCC4COc5ccccc5O4)cc3)SC3CCCCC32)cc1. The Morgan fingerprint density at radius 1 is 1.00 bits per heavy atom. The van der Waals surface area contributed by atoms with E-state index in [0.29, 0.717) is 36.3 Å². The molecule has 6 nitrogen and oxygen atoms in total. The molecule has 2 aliphatic heterocycles. The molecule has 0 spiro atoms. The fourth-order valence-electron chi connectivity index (χ4n) is 5.61. The molecular formula is C33H34N2O4S. The fourth-order valence-corrected chi connectivity index (χ4v) is 7.08. The molecular weight excluding hydrogens is 520 g/mol. The van der Waals surface area contributed by atoms with E-state index in [4.69, 9.17) is 9.47 Å². The molecule has 3 aliphatic rings. The molecule has 2 amide bonds. The van der Waals surface area contributed by atoms with Crippen LogP contribution in [0.25, 0.3) is 6.08 Å². The predicted octanol–water partition coefficient (Wildman–Crippen LogP) is 5.99. The van der Waals surface area contributed by atoms with Crippen molar-refractivity contribution >= 4 is 29.7 Å². The Labute approximate surface area is 239 Å². The van der Waals surface area contributed by atoms with Crippen LogP contribution < -0.4 is 14.8 Å². The second-order valence-corrected chi connectivity index (χ2v) is 12.0. The lowest BCUT2D eigenvalue weighted by atomic mass is 9.92. The van der Waals surface area contributed by atoms with Crippen LogP contribution in [-0.4, -0.2) is 47.3 Å². The largest absolute Gasteiger partial charge is 0.486 e. The number of nitrogens with zero attached hydrogens (tertiary/aromatic N) is 1. The number of thioether (sulfide) groups is 1. The van der Waals surface area contributed by atoms with E-state index in [1.807, 2.05) is 42.5 Å². The summed E-state index contributed by atoms with van der Waals surface area (Å²) in [5.41, 5.74) is 3.87. The molecule has 7 heteroatoms. The molecule has 0 aromatic heterocycles. The van der Waals surface area contributed by atoms with Crippen molar-refractivity contribution in [3.8, 4) is 11.5 Å². The van der Waals surface area contributed by atoms with Crippen molar-refractivity contribution in [2.24, 2.45) is 0 Å². The number of benzene rings is 3. The number of carbonyl (C=O) groups excluding carboxylic acids is 2. The minimum atomic E-state index is -0.247. The number of fused-ring (bicyclic) bond motifs is 2. The lowest BCUT2D eigenvalue weighted by Gasteiger charge is -2.44. The van der Waals surface area contributed by atoms with Gasteiger partial charge in [0.2, 0.25) is 0 Å². The quantitative estimate of drug-likeness (QED) is 0.379. The van der Waals surface area contributed by atoms with Crippen molar-refractivity contribution in [2.75, 3.05) is 13.2 Å². The number of carbonyl (C=O) groups is 2. The molecule has 1 aliphatic carbocycles. The molecule has 206 valence electrons.